The zero-order valence-corrected chi connectivity index (χ0v) is 8.40. The van der Waals surface area contributed by atoms with Gasteiger partial charge < -0.3 is 4.74 Å². The molecule has 1 atom stereocenters. The van der Waals surface area contributed by atoms with Crippen molar-refractivity contribution in [1.82, 2.24) is 0 Å². The van der Waals surface area contributed by atoms with E-state index in [1.165, 1.54) is 0 Å². The molecule has 1 rings (SSSR count). The monoisotopic (exact) mass is 212 g/mol. The van der Waals surface area contributed by atoms with E-state index in [1.807, 2.05) is 0 Å². The van der Waals surface area contributed by atoms with Crippen LogP contribution in [0.4, 0.5) is 0 Å². The Morgan fingerprint density at radius 3 is 2.75 bits per heavy atom. The van der Waals surface area contributed by atoms with Gasteiger partial charge in [-0.25, -0.2) is 8.42 Å². The second-order valence-corrected chi connectivity index (χ2v) is 5.55. The molecule has 1 heterocycles. The number of hydrogen-bond donors (Lipinski definition) is 0. The average molecular weight is 213 g/mol. The highest BCUT2D eigenvalue weighted by Gasteiger charge is 2.22. The molecule has 1 fully saturated rings. The number of alkyl halides is 1. The smallest absolute Gasteiger partial charge is 0.154 e. The minimum Gasteiger partial charge on any atom is -0.377 e. The van der Waals surface area contributed by atoms with Gasteiger partial charge in [0, 0.05) is 12.5 Å². The van der Waals surface area contributed by atoms with E-state index in [-0.39, 0.29) is 23.5 Å². The van der Waals surface area contributed by atoms with E-state index in [2.05, 4.69) is 0 Å². The highest BCUT2D eigenvalue weighted by Crippen LogP contribution is 2.14. The van der Waals surface area contributed by atoms with Gasteiger partial charge in [0.05, 0.1) is 17.6 Å². The lowest BCUT2D eigenvalue weighted by Gasteiger charge is -2.08. The molecule has 0 N–H and O–H groups in total. The second kappa shape index (κ2) is 4.44. The summed E-state index contributed by atoms with van der Waals surface area (Å²) in [6, 6.07) is 0. The molecule has 0 radical (unpaired) electrons. The number of halogens is 1. The van der Waals surface area contributed by atoms with Crippen molar-refractivity contribution in [3.63, 3.8) is 0 Å². The predicted molar refractivity (Wildman–Crippen MR) is 48.3 cm³/mol. The van der Waals surface area contributed by atoms with Crippen molar-refractivity contribution in [3.05, 3.63) is 0 Å². The molecule has 12 heavy (non-hydrogen) atoms. The lowest BCUT2D eigenvalue weighted by atomic mass is 10.3. The molecule has 0 aromatic rings. The molecule has 0 amide bonds. The molecule has 0 spiro atoms. The van der Waals surface area contributed by atoms with E-state index >= 15 is 0 Å². The molecular formula is C7H13ClO3S. The molecule has 5 heteroatoms. The van der Waals surface area contributed by atoms with Crippen molar-refractivity contribution in [3.8, 4) is 0 Å². The van der Waals surface area contributed by atoms with Crippen LogP contribution in [0.5, 0.6) is 0 Å². The van der Waals surface area contributed by atoms with Gasteiger partial charge in [-0.1, -0.05) is 0 Å². The summed E-state index contributed by atoms with van der Waals surface area (Å²) in [7, 11) is -2.97. The zero-order valence-electron chi connectivity index (χ0n) is 6.83. The SMILES string of the molecule is O=S(=O)(CCCl)CC1CCCO1. The summed E-state index contributed by atoms with van der Waals surface area (Å²) in [6.07, 6.45) is 1.75. The van der Waals surface area contributed by atoms with Crippen molar-refractivity contribution in [1.29, 1.82) is 0 Å². The maximum atomic E-state index is 11.2. The van der Waals surface area contributed by atoms with E-state index in [1.54, 1.807) is 0 Å². The van der Waals surface area contributed by atoms with Crippen LogP contribution in [0.3, 0.4) is 0 Å². The van der Waals surface area contributed by atoms with E-state index in [0.717, 1.165) is 12.8 Å². The van der Waals surface area contributed by atoms with Crippen LogP contribution in [0, 0.1) is 0 Å². The third-order valence-corrected chi connectivity index (χ3v) is 3.97. The Morgan fingerprint density at radius 2 is 2.25 bits per heavy atom. The van der Waals surface area contributed by atoms with Crippen LogP contribution in [0.25, 0.3) is 0 Å². The number of sulfone groups is 1. The third kappa shape index (κ3) is 3.29. The van der Waals surface area contributed by atoms with Gasteiger partial charge in [-0.3, -0.25) is 0 Å². The van der Waals surface area contributed by atoms with Crippen LogP contribution < -0.4 is 0 Å². The maximum Gasteiger partial charge on any atom is 0.154 e. The molecule has 0 bridgehead atoms. The summed E-state index contributed by atoms with van der Waals surface area (Å²) in [4.78, 5) is 0. The van der Waals surface area contributed by atoms with Gasteiger partial charge in [0.25, 0.3) is 0 Å². The molecule has 0 aliphatic carbocycles. The minimum absolute atomic E-state index is 0.0639. The quantitative estimate of drug-likeness (QED) is 0.648. The van der Waals surface area contributed by atoms with Crippen molar-refractivity contribution >= 4 is 21.4 Å². The Morgan fingerprint density at radius 1 is 1.50 bits per heavy atom. The van der Waals surface area contributed by atoms with Crippen LogP contribution in [0.15, 0.2) is 0 Å². The number of rotatable bonds is 4. The minimum atomic E-state index is -2.97. The molecule has 0 saturated carbocycles. The zero-order chi connectivity index (χ0) is 9.03. The molecular weight excluding hydrogens is 200 g/mol. The Labute approximate surface area is 78.0 Å². The highest BCUT2D eigenvalue weighted by atomic mass is 35.5. The molecule has 1 saturated heterocycles. The van der Waals surface area contributed by atoms with Gasteiger partial charge in [0.15, 0.2) is 9.84 Å². The van der Waals surface area contributed by atoms with Crippen molar-refractivity contribution in [2.75, 3.05) is 24.0 Å². The van der Waals surface area contributed by atoms with Crippen LogP contribution in [-0.2, 0) is 14.6 Å². The average Bonchev–Trinajstić information content (AvgIpc) is 2.38. The van der Waals surface area contributed by atoms with Crippen molar-refractivity contribution in [2.24, 2.45) is 0 Å². The van der Waals surface area contributed by atoms with Crippen molar-refractivity contribution in [2.45, 2.75) is 18.9 Å². The molecule has 0 aromatic carbocycles. The molecule has 0 aromatic heterocycles. The summed E-state index contributed by atoms with van der Waals surface area (Å²) in [5.41, 5.74) is 0. The maximum absolute atomic E-state index is 11.2. The van der Waals surface area contributed by atoms with Gasteiger partial charge in [-0.2, -0.15) is 0 Å². The first-order valence-electron chi connectivity index (χ1n) is 4.02. The summed E-state index contributed by atoms with van der Waals surface area (Å²) in [5.74, 6) is 0.378. The Hall–Kier alpha value is 0.200. The fraction of sp³-hybridized carbons (Fsp3) is 1.00. The second-order valence-electron chi connectivity index (χ2n) is 2.94. The highest BCUT2D eigenvalue weighted by molar-refractivity contribution is 7.91. The van der Waals surface area contributed by atoms with Crippen molar-refractivity contribution < 1.29 is 13.2 Å². The van der Waals surface area contributed by atoms with Gasteiger partial charge in [0.2, 0.25) is 0 Å². The standard InChI is InChI=1S/C7H13ClO3S/c8-3-5-12(9,10)6-7-2-1-4-11-7/h7H,1-6H2. The lowest BCUT2D eigenvalue weighted by Crippen LogP contribution is -2.22. The van der Waals surface area contributed by atoms with E-state index in [4.69, 9.17) is 16.3 Å². The molecule has 1 unspecified atom stereocenters. The van der Waals surface area contributed by atoms with Gasteiger partial charge in [-0.05, 0) is 12.8 Å². The largest absolute Gasteiger partial charge is 0.377 e. The number of ether oxygens (including phenoxy) is 1. The topological polar surface area (TPSA) is 43.4 Å². The first kappa shape index (κ1) is 10.3. The summed E-state index contributed by atoms with van der Waals surface area (Å²) in [5, 5.41) is 0. The third-order valence-electron chi connectivity index (χ3n) is 1.85. The normalized spacial score (nSPS) is 24.6. The van der Waals surface area contributed by atoms with Crippen LogP contribution in [0.1, 0.15) is 12.8 Å². The van der Waals surface area contributed by atoms with E-state index < -0.39 is 9.84 Å². The molecule has 72 valence electrons. The Kier molecular flexibility index (Phi) is 3.80. The Balaban J connectivity index is 2.38. The van der Waals surface area contributed by atoms with Gasteiger partial charge >= 0.3 is 0 Å². The van der Waals surface area contributed by atoms with Crippen LogP contribution in [-0.4, -0.2) is 38.5 Å². The lowest BCUT2D eigenvalue weighted by molar-refractivity contribution is 0.127. The fourth-order valence-corrected chi connectivity index (χ4v) is 3.20. The Bertz CT molecular complexity index is 219. The molecule has 3 nitrogen and oxygen atoms in total. The van der Waals surface area contributed by atoms with Gasteiger partial charge in [-0.15, -0.1) is 11.6 Å². The first-order valence-corrected chi connectivity index (χ1v) is 6.37. The molecule has 1 aliphatic heterocycles. The summed E-state index contributed by atoms with van der Waals surface area (Å²) >= 11 is 5.35. The number of hydrogen-bond acceptors (Lipinski definition) is 3. The predicted octanol–water partition coefficient (Wildman–Crippen LogP) is 0.819. The van der Waals surface area contributed by atoms with Gasteiger partial charge in [0.1, 0.15) is 0 Å². The first-order chi connectivity index (χ1) is 5.64. The summed E-state index contributed by atoms with van der Waals surface area (Å²) in [6.45, 7) is 0.695. The van der Waals surface area contributed by atoms with Crippen LogP contribution >= 0.6 is 11.6 Å². The van der Waals surface area contributed by atoms with E-state index in [0.29, 0.717) is 6.61 Å². The fourth-order valence-electron chi connectivity index (χ4n) is 1.26. The van der Waals surface area contributed by atoms with Crippen LogP contribution in [0.2, 0.25) is 0 Å². The summed E-state index contributed by atoms with van der Waals surface area (Å²) < 4.78 is 27.7. The van der Waals surface area contributed by atoms with E-state index in [9.17, 15) is 8.42 Å². The molecule has 1 aliphatic rings.